The molecule has 0 aliphatic rings. The molecule has 0 rings (SSSR count). The summed E-state index contributed by atoms with van der Waals surface area (Å²) in [5, 5.41) is 0. The molecule has 0 saturated heterocycles. The van der Waals surface area contributed by atoms with Gasteiger partial charge >= 0.3 is 0 Å². The Balaban J connectivity index is 3.03. The normalized spacial score (nSPS) is 11.6. The average molecular weight is 683 g/mol. The zero-order chi connectivity index (χ0) is 33.8. The fourth-order valence-corrected chi connectivity index (χ4v) is 4.47. The molecule has 0 spiro atoms. The van der Waals surface area contributed by atoms with Crippen LogP contribution < -0.4 is 0 Å². The Morgan fingerprint density at radius 2 is 0.447 bits per heavy atom. The standard InChI is InChI=1S/C36H74O11/c1-3-5-6-7-8-9-10-11-12-13-14-15-16-17-18-46-47-36-35-45-34-33-44-32-31-43-30-29-42-28-27-41-26-25-40-24-23-39-22-21-38-20-19-37-4-2/h3-36H2,1-2H3. The van der Waals surface area contributed by atoms with Crippen molar-refractivity contribution in [3.8, 4) is 0 Å². The van der Waals surface area contributed by atoms with E-state index < -0.39 is 0 Å². The Morgan fingerprint density at radius 1 is 0.213 bits per heavy atom. The van der Waals surface area contributed by atoms with E-state index >= 15 is 0 Å². The highest BCUT2D eigenvalue weighted by molar-refractivity contribution is 4.49. The summed E-state index contributed by atoms with van der Waals surface area (Å²) in [6.45, 7) is 15.2. The Kier molecular flexibility index (Phi) is 45.1. The van der Waals surface area contributed by atoms with E-state index in [0.29, 0.717) is 132 Å². The van der Waals surface area contributed by atoms with E-state index in [9.17, 15) is 0 Å². The first-order chi connectivity index (χ1) is 23.4. The van der Waals surface area contributed by atoms with E-state index in [4.69, 9.17) is 52.4 Å². The molecule has 0 N–H and O–H groups in total. The van der Waals surface area contributed by atoms with Gasteiger partial charge in [-0.2, -0.15) is 0 Å². The third kappa shape index (κ3) is 45.6. The molecule has 0 bridgehead atoms. The van der Waals surface area contributed by atoms with Crippen LogP contribution in [0, 0.1) is 0 Å². The van der Waals surface area contributed by atoms with Crippen molar-refractivity contribution in [1.29, 1.82) is 0 Å². The fourth-order valence-electron chi connectivity index (χ4n) is 4.47. The molecule has 0 aliphatic carbocycles. The minimum absolute atomic E-state index is 0.434. The van der Waals surface area contributed by atoms with Crippen molar-refractivity contribution in [2.45, 2.75) is 104 Å². The molecule has 47 heavy (non-hydrogen) atoms. The first-order valence-corrected chi connectivity index (χ1v) is 18.9. The summed E-state index contributed by atoms with van der Waals surface area (Å²) < 4.78 is 48.9. The first kappa shape index (κ1) is 46.6. The van der Waals surface area contributed by atoms with Crippen molar-refractivity contribution in [2.75, 3.05) is 132 Å². The van der Waals surface area contributed by atoms with Gasteiger partial charge in [-0.15, -0.1) is 0 Å². The zero-order valence-electron chi connectivity index (χ0n) is 30.5. The maximum Gasteiger partial charge on any atom is 0.106 e. The molecule has 0 fully saturated rings. The van der Waals surface area contributed by atoms with Gasteiger partial charge in [-0.3, -0.25) is 0 Å². The van der Waals surface area contributed by atoms with Crippen LogP contribution in [0.5, 0.6) is 0 Å². The van der Waals surface area contributed by atoms with Crippen LogP contribution in [-0.2, 0) is 52.4 Å². The third-order valence-electron chi connectivity index (χ3n) is 7.16. The van der Waals surface area contributed by atoms with Gasteiger partial charge in [0, 0.05) is 6.61 Å². The lowest BCUT2D eigenvalue weighted by Crippen LogP contribution is -2.15. The molecule has 0 atom stereocenters. The van der Waals surface area contributed by atoms with Crippen LogP contribution in [0.15, 0.2) is 0 Å². The second-order valence-corrected chi connectivity index (χ2v) is 11.3. The number of unbranched alkanes of at least 4 members (excludes halogenated alkanes) is 13. The Labute approximate surface area is 288 Å². The minimum atomic E-state index is 0.434. The first-order valence-electron chi connectivity index (χ1n) is 18.9. The summed E-state index contributed by atoms with van der Waals surface area (Å²) in [6, 6.07) is 0. The number of ether oxygens (including phenoxy) is 9. The monoisotopic (exact) mass is 683 g/mol. The van der Waals surface area contributed by atoms with Gasteiger partial charge in [0.1, 0.15) is 6.61 Å². The molecule has 0 heterocycles. The van der Waals surface area contributed by atoms with Gasteiger partial charge in [0.2, 0.25) is 0 Å². The number of rotatable bonds is 44. The summed E-state index contributed by atoms with van der Waals surface area (Å²) in [6.07, 6.45) is 18.9. The highest BCUT2D eigenvalue weighted by Gasteiger charge is 1.97. The van der Waals surface area contributed by atoms with E-state index in [1.807, 2.05) is 6.92 Å². The zero-order valence-corrected chi connectivity index (χ0v) is 30.5. The second kappa shape index (κ2) is 45.6. The van der Waals surface area contributed by atoms with E-state index in [1.54, 1.807) is 0 Å². The van der Waals surface area contributed by atoms with Crippen LogP contribution in [-0.4, -0.2) is 132 Å². The van der Waals surface area contributed by atoms with Gasteiger partial charge in [0.05, 0.1) is 119 Å². The molecule has 0 aromatic rings. The van der Waals surface area contributed by atoms with Crippen molar-refractivity contribution in [3.05, 3.63) is 0 Å². The maximum absolute atomic E-state index is 5.50. The molecule has 0 aliphatic heterocycles. The Morgan fingerprint density at radius 3 is 0.745 bits per heavy atom. The van der Waals surface area contributed by atoms with Crippen molar-refractivity contribution >= 4 is 0 Å². The van der Waals surface area contributed by atoms with Crippen LogP contribution in [0.25, 0.3) is 0 Å². The van der Waals surface area contributed by atoms with Gasteiger partial charge in [0.15, 0.2) is 0 Å². The molecule has 11 heteroatoms. The van der Waals surface area contributed by atoms with Crippen molar-refractivity contribution in [3.63, 3.8) is 0 Å². The molecule has 0 amide bonds. The fraction of sp³-hybridized carbons (Fsp3) is 1.00. The molecule has 0 aromatic carbocycles. The summed E-state index contributed by atoms with van der Waals surface area (Å²) in [4.78, 5) is 10.4. The van der Waals surface area contributed by atoms with Crippen LogP contribution in [0.1, 0.15) is 104 Å². The predicted octanol–water partition coefficient (Wildman–Crippen LogP) is 6.59. The topological polar surface area (TPSA) is 102 Å². The van der Waals surface area contributed by atoms with Gasteiger partial charge in [-0.25, -0.2) is 9.78 Å². The summed E-state index contributed by atoms with van der Waals surface area (Å²) in [7, 11) is 0. The van der Waals surface area contributed by atoms with E-state index in [-0.39, 0.29) is 0 Å². The second-order valence-electron chi connectivity index (χ2n) is 11.3. The summed E-state index contributed by atoms with van der Waals surface area (Å²) in [5.74, 6) is 0. The Hall–Kier alpha value is -0.440. The SMILES string of the molecule is CCCCCCCCCCCCCCCCOOCCOCCOCCOCCOCCOCCOCCOCCOCCOCC. The lowest BCUT2D eigenvalue weighted by molar-refractivity contribution is -0.299. The molecular weight excluding hydrogens is 608 g/mol. The van der Waals surface area contributed by atoms with Crippen molar-refractivity contribution < 1.29 is 52.4 Å². The van der Waals surface area contributed by atoms with E-state index in [2.05, 4.69) is 6.92 Å². The van der Waals surface area contributed by atoms with E-state index in [0.717, 1.165) is 6.42 Å². The van der Waals surface area contributed by atoms with Crippen LogP contribution in [0.2, 0.25) is 0 Å². The van der Waals surface area contributed by atoms with Gasteiger partial charge in [0.25, 0.3) is 0 Å². The van der Waals surface area contributed by atoms with Gasteiger partial charge < -0.3 is 42.6 Å². The van der Waals surface area contributed by atoms with Crippen LogP contribution in [0.3, 0.4) is 0 Å². The smallest absolute Gasteiger partial charge is 0.106 e. The molecule has 0 aromatic heterocycles. The molecule has 0 saturated carbocycles. The molecule has 11 nitrogen and oxygen atoms in total. The lowest BCUT2D eigenvalue weighted by Gasteiger charge is -2.09. The highest BCUT2D eigenvalue weighted by atomic mass is 17.2. The number of hydrogen-bond acceptors (Lipinski definition) is 11. The molecule has 284 valence electrons. The quantitative estimate of drug-likeness (QED) is 0.0396. The van der Waals surface area contributed by atoms with Gasteiger partial charge in [-0.1, -0.05) is 90.4 Å². The van der Waals surface area contributed by atoms with E-state index in [1.165, 1.54) is 83.5 Å². The maximum atomic E-state index is 5.50. The predicted molar refractivity (Wildman–Crippen MR) is 185 cm³/mol. The summed E-state index contributed by atoms with van der Waals surface area (Å²) >= 11 is 0. The van der Waals surface area contributed by atoms with Crippen LogP contribution in [0.4, 0.5) is 0 Å². The largest absolute Gasteiger partial charge is 0.379 e. The summed E-state index contributed by atoms with van der Waals surface area (Å²) in [5.41, 5.74) is 0. The number of hydrogen-bond donors (Lipinski definition) is 0. The van der Waals surface area contributed by atoms with Crippen molar-refractivity contribution in [1.82, 2.24) is 0 Å². The average Bonchev–Trinajstić information content (AvgIpc) is 3.08. The molecular formula is C36H74O11. The Bertz CT molecular complexity index is 487. The lowest BCUT2D eigenvalue weighted by atomic mass is 10.0. The highest BCUT2D eigenvalue weighted by Crippen LogP contribution is 2.13. The molecule has 0 radical (unpaired) electrons. The third-order valence-corrected chi connectivity index (χ3v) is 7.16. The van der Waals surface area contributed by atoms with Crippen LogP contribution >= 0.6 is 0 Å². The van der Waals surface area contributed by atoms with Crippen molar-refractivity contribution in [2.24, 2.45) is 0 Å². The minimum Gasteiger partial charge on any atom is -0.379 e. The molecule has 0 unspecified atom stereocenters. The van der Waals surface area contributed by atoms with Gasteiger partial charge in [-0.05, 0) is 13.3 Å².